The van der Waals surface area contributed by atoms with Crippen molar-refractivity contribution in [3.63, 3.8) is 0 Å². The average Bonchev–Trinajstić information content (AvgIpc) is 3.03. The Morgan fingerprint density at radius 3 is 2.03 bits per heavy atom. The second-order valence-electron chi connectivity index (χ2n) is 9.00. The number of imide groups is 1. The molecule has 4 rings (SSSR count). The monoisotopic (exact) mass is 411 g/mol. The third-order valence-corrected chi connectivity index (χ3v) is 6.91. The Labute approximate surface area is 179 Å². The van der Waals surface area contributed by atoms with E-state index in [1.807, 2.05) is 30.3 Å². The first-order valence-corrected chi connectivity index (χ1v) is 11.6. The molecule has 0 bridgehead atoms. The van der Waals surface area contributed by atoms with Crippen LogP contribution in [0.5, 0.6) is 0 Å². The minimum Gasteiger partial charge on any atom is -0.335 e. The molecule has 0 aromatic heterocycles. The molecule has 0 radical (unpaired) electrons. The van der Waals surface area contributed by atoms with E-state index in [0.717, 1.165) is 61.8 Å². The first-order valence-electron chi connectivity index (χ1n) is 11.6. The zero-order chi connectivity index (χ0) is 20.9. The molecule has 6 nitrogen and oxygen atoms in total. The summed E-state index contributed by atoms with van der Waals surface area (Å²) in [5.74, 6) is -0.345. The third kappa shape index (κ3) is 4.68. The molecule has 1 aromatic carbocycles. The summed E-state index contributed by atoms with van der Waals surface area (Å²) in [5.41, 5.74) is 0.996. The van der Waals surface area contributed by atoms with Gasteiger partial charge in [0.1, 0.15) is 12.6 Å². The quantitative estimate of drug-likeness (QED) is 0.727. The van der Waals surface area contributed by atoms with Gasteiger partial charge in [-0.1, -0.05) is 68.9 Å². The van der Waals surface area contributed by atoms with Crippen molar-refractivity contribution in [2.75, 3.05) is 6.54 Å². The number of carbonyl (C=O) groups is 3. The van der Waals surface area contributed by atoms with Crippen LogP contribution in [-0.2, 0) is 16.0 Å². The van der Waals surface area contributed by atoms with E-state index in [4.69, 9.17) is 0 Å². The predicted octanol–water partition coefficient (Wildman–Crippen LogP) is 3.64. The van der Waals surface area contributed by atoms with Gasteiger partial charge in [0, 0.05) is 18.5 Å². The normalized spacial score (nSPS) is 23.5. The maximum absolute atomic E-state index is 13.4. The number of amides is 4. The van der Waals surface area contributed by atoms with E-state index < -0.39 is 12.1 Å². The topological polar surface area (TPSA) is 69.7 Å². The molecule has 4 amide bonds. The summed E-state index contributed by atoms with van der Waals surface area (Å²) >= 11 is 0. The zero-order valence-electron chi connectivity index (χ0n) is 17.7. The highest BCUT2D eigenvalue weighted by molar-refractivity contribution is 6.06. The first-order chi connectivity index (χ1) is 14.6. The van der Waals surface area contributed by atoms with E-state index in [1.54, 1.807) is 0 Å². The van der Waals surface area contributed by atoms with E-state index in [0.29, 0.717) is 6.42 Å². The van der Waals surface area contributed by atoms with Crippen LogP contribution in [0.15, 0.2) is 30.3 Å². The third-order valence-electron chi connectivity index (χ3n) is 6.91. The van der Waals surface area contributed by atoms with Gasteiger partial charge in [0.05, 0.1) is 0 Å². The molecule has 3 fully saturated rings. The fourth-order valence-corrected chi connectivity index (χ4v) is 5.36. The molecule has 2 aliphatic carbocycles. The van der Waals surface area contributed by atoms with Crippen LogP contribution < -0.4 is 5.32 Å². The van der Waals surface area contributed by atoms with Gasteiger partial charge in [-0.2, -0.15) is 0 Å². The van der Waals surface area contributed by atoms with Crippen LogP contribution >= 0.6 is 0 Å². The lowest BCUT2D eigenvalue weighted by atomic mass is 9.88. The highest BCUT2D eigenvalue weighted by Crippen LogP contribution is 2.30. The number of hydrogen-bond donors (Lipinski definition) is 1. The molecule has 1 N–H and O–H groups in total. The molecule has 0 unspecified atom stereocenters. The van der Waals surface area contributed by atoms with Crippen molar-refractivity contribution < 1.29 is 14.4 Å². The van der Waals surface area contributed by atoms with Gasteiger partial charge < -0.3 is 10.2 Å². The van der Waals surface area contributed by atoms with Crippen molar-refractivity contribution in [1.82, 2.24) is 15.1 Å². The molecular weight excluding hydrogens is 378 g/mol. The van der Waals surface area contributed by atoms with Crippen molar-refractivity contribution in [2.24, 2.45) is 0 Å². The zero-order valence-corrected chi connectivity index (χ0v) is 17.7. The largest absolute Gasteiger partial charge is 0.335 e. The Kier molecular flexibility index (Phi) is 6.70. The van der Waals surface area contributed by atoms with Crippen LogP contribution in [-0.4, -0.2) is 52.3 Å². The van der Waals surface area contributed by atoms with Crippen LogP contribution in [0, 0.1) is 0 Å². The maximum atomic E-state index is 13.4. The summed E-state index contributed by atoms with van der Waals surface area (Å²) in [7, 11) is 0. The fraction of sp³-hybridized carbons (Fsp3) is 0.625. The summed E-state index contributed by atoms with van der Waals surface area (Å²) in [4.78, 5) is 42.0. The standard InChI is InChI=1S/C24H33N3O3/c28-22(27(19-12-6-2-7-13-19)20-14-8-3-9-15-20)17-26-23(29)21(25-24(26)30)16-18-10-4-1-5-11-18/h1,4-5,10-11,19-21H,2-3,6-9,12-17H2,(H,25,30)/t21-/m0/s1. The first kappa shape index (κ1) is 20.9. The van der Waals surface area contributed by atoms with Crippen molar-refractivity contribution in [3.8, 4) is 0 Å². The number of benzene rings is 1. The minimum absolute atomic E-state index is 0.0577. The predicted molar refractivity (Wildman–Crippen MR) is 115 cm³/mol. The molecule has 1 heterocycles. The van der Waals surface area contributed by atoms with E-state index in [1.165, 1.54) is 12.8 Å². The number of nitrogens with one attached hydrogen (secondary N) is 1. The lowest BCUT2D eigenvalue weighted by molar-refractivity contribution is -0.142. The Morgan fingerprint density at radius 2 is 1.47 bits per heavy atom. The Bertz CT molecular complexity index is 736. The molecule has 2 saturated carbocycles. The molecule has 1 aromatic rings. The van der Waals surface area contributed by atoms with Gasteiger partial charge in [-0.05, 0) is 31.2 Å². The van der Waals surface area contributed by atoms with E-state index in [2.05, 4.69) is 10.2 Å². The van der Waals surface area contributed by atoms with E-state index in [9.17, 15) is 14.4 Å². The SMILES string of the molecule is O=C1N[C@@H](Cc2ccccc2)C(=O)N1CC(=O)N(C1CCCCC1)C1CCCCC1. The lowest BCUT2D eigenvalue weighted by Gasteiger charge is -2.42. The minimum atomic E-state index is -0.592. The maximum Gasteiger partial charge on any atom is 0.325 e. The molecule has 6 heteroatoms. The molecule has 1 aliphatic heterocycles. The number of hydrogen-bond acceptors (Lipinski definition) is 3. The molecule has 162 valence electrons. The van der Waals surface area contributed by atoms with Crippen LogP contribution in [0.25, 0.3) is 0 Å². The smallest absolute Gasteiger partial charge is 0.325 e. The van der Waals surface area contributed by atoms with Gasteiger partial charge in [0.2, 0.25) is 5.91 Å². The molecule has 0 spiro atoms. The molecule has 1 atom stereocenters. The van der Waals surface area contributed by atoms with Crippen LogP contribution in [0.1, 0.15) is 69.8 Å². The lowest BCUT2D eigenvalue weighted by Crippen LogP contribution is -2.52. The Hall–Kier alpha value is -2.37. The van der Waals surface area contributed by atoms with Crippen LogP contribution in [0.4, 0.5) is 4.79 Å². The summed E-state index contributed by atoms with van der Waals surface area (Å²) in [6.07, 6.45) is 11.7. The van der Waals surface area contributed by atoms with E-state index >= 15 is 0 Å². The summed E-state index contributed by atoms with van der Waals surface area (Å²) in [6, 6.07) is 9.14. The Morgan fingerprint density at radius 1 is 0.900 bits per heavy atom. The fourth-order valence-electron chi connectivity index (χ4n) is 5.36. The second kappa shape index (κ2) is 9.63. The summed E-state index contributed by atoms with van der Waals surface area (Å²) < 4.78 is 0. The summed E-state index contributed by atoms with van der Waals surface area (Å²) in [6.45, 7) is -0.136. The molecule has 30 heavy (non-hydrogen) atoms. The number of urea groups is 1. The van der Waals surface area contributed by atoms with Crippen molar-refractivity contribution in [1.29, 1.82) is 0 Å². The second-order valence-corrected chi connectivity index (χ2v) is 9.00. The molecular formula is C24H33N3O3. The van der Waals surface area contributed by atoms with Gasteiger partial charge in [-0.3, -0.25) is 14.5 Å². The number of carbonyl (C=O) groups excluding carboxylic acids is 3. The van der Waals surface area contributed by atoms with Crippen LogP contribution in [0.2, 0.25) is 0 Å². The van der Waals surface area contributed by atoms with Crippen LogP contribution in [0.3, 0.4) is 0 Å². The van der Waals surface area contributed by atoms with Gasteiger partial charge in [-0.25, -0.2) is 4.79 Å². The summed E-state index contributed by atoms with van der Waals surface area (Å²) in [5, 5.41) is 2.77. The highest BCUT2D eigenvalue weighted by atomic mass is 16.2. The highest BCUT2D eigenvalue weighted by Gasteiger charge is 2.41. The van der Waals surface area contributed by atoms with Crippen molar-refractivity contribution >= 4 is 17.8 Å². The van der Waals surface area contributed by atoms with Gasteiger partial charge in [0.15, 0.2) is 0 Å². The average molecular weight is 412 g/mol. The van der Waals surface area contributed by atoms with Gasteiger partial charge >= 0.3 is 6.03 Å². The molecule has 3 aliphatic rings. The van der Waals surface area contributed by atoms with Crippen molar-refractivity contribution in [3.05, 3.63) is 35.9 Å². The number of rotatable bonds is 6. The van der Waals surface area contributed by atoms with E-state index in [-0.39, 0.29) is 30.4 Å². The van der Waals surface area contributed by atoms with Gasteiger partial charge in [-0.15, -0.1) is 0 Å². The van der Waals surface area contributed by atoms with Gasteiger partial charge in [0.25, 0.3) is 5.91 Å². The molecule has 1 saturated heterocycles. The van der Waals surface area contributed by atoms with Crippen molar-refractivity contribution in [2.45, 2.75) is 88.8 Å². The Balaban J connectivity index is 1.44. The number of nitrogens with zero attached hydrogens (tertiary/aromatic N) is 2.